The monoisotopic (exact) mass is 454 g/mol. The van der Waals surface area contributed by atoms with Crippen LogP contribution in [-0.2, 0) is 12.8 Å². The van der Waals surface area contributed by atoms with Crippen molar-refractivity contribution < 1.29 is 18.0 Å². The summed E-state index contributed by atoms with van der Waals surface area (Å²) in [7, 11) is 0. The van der Waals surface area contributed by atoms with Gasteiger partial charge in [-0.3, -0.25) is 4.79 Å². The standard InChI is InChI=1S/C25H25F3N4O/c1-2-16-9-11-17(12-10-16)20-14-22(25(26,27)28)32-23(30-20)19(15-29-32)24(33)31-13-5-7-18-6-3-4-8-21(18)31/h3-4,6,8-12,15,20,22,30H,2,5,7,13-14H2,1H3/t20-,22+/m1/s1. The minimum Gasteiger partial charge on any atom is -0.363 e. The van der Waals surface area contributed by atoms with Crippen LogP contribution >= 0.6 is 0 Å². The van der Waals surface area contributed by atoms with E-state index in [0.29, 0.717) is 6.54 Å². The Morgan fingerprint density at radius 1 is 1.15 bits per heavy atom. The highest BCUT2D eigenvalue weighted by Gasteiger charge is 2.47. The lowest BCUT2D eigenvalue weighted by atomic mass is 9.95. The maximum Gasteiger partial charge on any atom is 0.410 e. The molecule has 0 fully saturated rings. The number of para-hydroxylation sites is 1. The van der Waals surface area contributed by atoms with Crippen molar-refractivity contribution in [1.29, 1.82) is 0 Å². The minimum absolute atomic E-state index is 0.126. The molecule has 3 heterocycles. The normalized spacial score (nSPS) is 20.1. The summed E-state index contributed by atoms with van der Waals surface area (Å²) in [6, 6.07) is 12.9. The van der Waals surface area contributed by atoms with Gasteiger partial charge in [-0.25, -0.2) is 4.68 Å². The smallest absolute Gasteiger partial charge is 0.363 e. The fourth-order valence-electron chi connectivity index (χ4n) is 4.81. The molecule has 33 heavy (non-hydrogen) atoms. The number of hydrogen-bond donors (Lipinski definition) is 1. The Balaban J connectivity index is 1.53. The summed E-state index contributed by atoms with van der Waals surface area (Å²) in [5.74, 6) is -0.208. The predicted molar refractivity (Wildman–Crippen MR) is 121 cm³/mol. The first-order chi connectivity index (χ1) is 15.9. The number of benzene rings is 2. The Morgan fingerprint density at radius 2 is 1.91 bits per heavy atom. The molecule has 0 aliphatic carbocycles. The van der Waals surface area contributed by atoms with Crippen LogP contribution in [0.3, 0.4) is 0 Å². The summed E-state index contributed by atoms with van der Waals surface area (Å²) in [5, 5.41) is 7.22. The Kier molecular flexibility index (Phi) is 5.38. The molecule has 2 aliphatic heterocycles. The highest BCUT2D eigenvalue weighted by Crippen LogP contribution is 2.44. The van der Waals surface area contributed by atoms with Gasteiger partial charge in [-0.05, 0) is 42.0 Å². The number of hydrogen-bond acceptors (Lipinski definition) is 3. The van der Waals surface area contributed by atoms with Crippen molar-refractivity contribution in [2.45, 2.75) is 50.9 Å². The number of fused-ring (bicyclic) bond motifs is 2. The summed E-state index contributed by atoms with van der Waals surface area (Å²) >= 11 is 0. The molecule has 172 valence electrons. The SMILES string of the molecule is CCc1ccc([C@H]2C[C@@H](C(F)(F)F)n3ncc(C(=O)N4CCCc5ccccc54)c3N2)cc1. The molecular weight excluding hydrogens is 429 g/mol. The Morgan fingerprint density at radius 3 is 2.64 bits per heavy atom. The fraction of sp³-hybridized carbons (Fsp3) is 0.360. The van der Waals surface area contributed by atoms with Gasteiger partial charge in [0.2, 0.25) is 0 Å². The number of aromatic nitrogens is 2. The van der Waals surface area contributed by atoms with Crippen LogP contribution in [0.5, 0.6) is 0 Å². The van der Waals surface area contributed by atoms with Crippen molar-refractivity contribution >= 4 is 17.4 Å². The number of anilines is 2. The average molecular weight is 454 g/mol. The number of aryl methyl sites for hydroxylation is 2. The van der Waals surface area contributed by atoms with Gasteiger partial charge in [-0.1, -0.05) is 49.4 Å². The van der Waals surface area contributed by atoms with E-state index in [9.17, 15) is 18.0 Å². The number of rotatable bonds is 3. The first-order valence-corrected chi connectivity index (χ1v) is 11.3. The van der Waals surface area contributed by atoms with Crippen LogP contribution < -0.4 is 10.2 Å². The van der Waals surface area contributed by atoms with Crippen molar-refractivity contribution in [3.63, 3.8) is 0 Å². The van der Waals surface area contributed by atoms with Gasteiger partial charge in [-0.2, -0.15) is 18.3 Å². The molecule has 5 nitrogen and oxygen atoms in total. The topological polar surface area (TPSA) is 50.2 Å². The highest BCUT2D eigenvalue weighted by atomic mass is 19.4. The molecule has 0 radical (unpaired) electrons. The van der Waals surface area contributed by atoms with Crippen molar-refractivity contribution in [3.8, 4) is 0 Å². The second-order valence-electron chi connectivity index (χ2n) is 8.63. The van der Waals surface area contributed by atoms with E-state index in [1.807, 2.05) is 55.5 Å². The lowest BCUT2D eigenvalue weighted by Crippen LogP contribution is -2.38. The van der Waals surface area contributed by atoms with E-state index < -0.39 is 18.3 Å². The molecule has 1 N–H and O–H groups in total. The third-order valence-electron chi connectivity index (χ3n) is 6.61. The quantitative estimate of drug-likeness (QED) is 0.553. The number of carbonyl (C=O) groups excluding carboxylic acids is 1. The molecule has 1 aromatic heterocycles. The number of nitrogens with one attached hydrogen (secondary N) is 1. The van der Waals surface area contributed by atoms with Crippen LogP contribution in [0.4, 0.5) is 24.7 Å². The van der Waals surface area contributed by atoms with Gasteiger partial charge in [0.1, 0.15) is 11.4 Å². The number of halogens is 3. The molecule has 0 saturated carbocycles. The third-order valence-corrected chi connectivity index (χ3v) is 6.61. The zero-order valence-corrected chi connectivity index (χ0v) is 18.3. The molecule has 0 spiro atoms. The summed E-state index contributed by atoms with van der Waals surface area (Å²) in [6.45, 7) is 2.55. The van der Waals surface area contributed by atoms with Crippen LogP contribution in [-0.4, -0.2) is 28.4 Å². The van der Waals surface area contributed by atoms with Crippen LogP contribution in [0.25, 0.3) is 0 Å². The van der Waals surface area contributed by atoms with Crippen molar-refractivity contribution in [1.82, 2.24) is 9.78 Å². The van der Waals surface area contributed by atoms with E-state index in [4.69, 9.17) is 0 Å². The summed E-state index contributed by atoms with van der Waals surface area (Å²) in [5.41, 5.74) is 3.91. The first-order valence-electron chi connectivity index (χ1n) is 11.3. The molecule has 1 amide bonds. The maximum absolute atomic E-state index is 14.0. The highest BCUT2D eigenvalue weighted by molar-refractivity contribution is 6.09. The molecule has 2 atom stereocenters. The van der Waals surface area contributed by atoms with Gasteiger partial charge in [-0.15, -0.1) is 0 Å². The molecular formula is C25H25F3N4O. The van der Waals surface area contributed by atoms with Gasteiger partial charge in [0.05, 0.1) is 12.2 Å². The Labute approximate surface area is 190 Å². The zero-order chi connectivity index (χ0) is 23.2. The van der Waals surface area contributed by atoms with Crippen molar-refractivity contribution in [2.75, 3.05) is 16.8 Å². The first kappa shape index (κ1) is 21.6. The Bertz CT molecular complexity index is 1170. The van der Waals surface area contributed by atoms with E-state index in [-0.39, 0.29) is 23.7 Å². The van der Waals surface area contributed by atoms with Crippen molar-refractivity contribution in [3.05, 3.63) is 77.0 Å². The molecule has 2 aliphatic rings. The van der Waals surface area contributed by atoms with Crippen LogP contribution in [0.2, 0.25) is 0 Å². The van der Waals surface area contributed by atoms with Crippen LogP contribution in [0.1, 0.15) is 58.9 Å². The molecule has 0 unspecified atom stereocenters. The van der Waals surface area contributed by atoms with E-state index in [2.05, 4.69) is 10.4 Å². The van der Waals surface area contributed by atoms with Gasteiger partial charge in [0.15, 0.2) is 6.04 Å². The van der Waals surface area contributed by atoms with Gasteiger partial charge in [0, 0.05) is 18.7 Å². The number of amides is 1. The second-order valence-corrected chi connectivity index (χ2v) is 8.63. The minimum atomic E-state index is -4.48. The predicted octanol–water partition coefficient (Wildman–Crippen LogP) is 5.70. The number of nitrogens with zero attached hydrogens (tertiary/aromatic N) is 3. The molecule has 0 bridgehead atoms. The summed E-state index contributed by atoms with van der Waals surface area (Å²) < 4.78 is 42.9. The molecule has 2 aromatic carbocycles. The van der Waals surface area contributed by atoms with E-state index in [1.165, 1.54) is 6.20 Å². The van der Waals surface area contributed by atoms with Gasteiger partial charge >= 0.3 is 6.18 Å². The number of alkyl halides is 3. The molecule has 5 rings (SSSR count). The summed E-state index contributed by atoms with van der Waals surface area (Å²) in [6.07, 6.45) is -0.880. The van der Waals surface area contributed by atoms with E-state index in [1.54, 1.807) is 4.90 Å². The maximum atomic E-state index is 14.0. The lowest BCUT2D eigenvalue weighted by Gasteiger charge is -2.35. The van der Waals surface area contributed by atoms with E-state index >= 15 is 0 Å². The molecule has 8 heteroatoms. The zero-order valence-electron chi connectivity index (χ0n) is 18.3. The second kappa shape index (κ2) is 8.24. The van der Waals surface area contributed by atoms with Crippen LogP contribution in [0.15, 0.2) is 54.7 Å². The van der Waals surface area contributed by atoms with Gasteiger partial charge in [0.25, 0.3) is 5.91 Å². The average Bonchev–Trinajstić information content (AvgIpc) is 3.26. The van der Waals surface area contributed by atoms with Crippen LogP contribution in [0, 0.1) is 0 Å². The lowest BCUT2D eigenvalue weighted by molar-refractivity contribution is -0.173. The number of carbonyl (C=O) groups is 1. The van der Waals surface area contributed by atoms with Crippen molar-refractivity contribution in [2.24, 2.45) is 0 Å². The van der Waals surface area contributed by atoms with Gasteiger partial charge < -0.3 is 10.2 Å². The summed E-state index contributed by atoms with van der Waals surface area (Å²) in [4.78, 5) is 15.2. The fourth-order valence-corrected chi connectivity index (χ4v) is 4.81. The molecule has 0 saturated heterocycles. The Hall–Kier alpha value is -3.29. The third kappa shape index (κ3) is 3.87. The van der Waals surface area contributed by atoms with E-state index in [0.717, 1.165) is 46.3 Å². The largest absolute Gasteiger partial charge is 0.410 e. The molecule has 3 aromatic rings.